The van der Waals surface area contributed by atoms with Crippen molar-refractivity contribution in [3.05, 3.63) is 47.5 Å². The zero-order chi connectivity index (χ0) is 23.3. The first-order chi connectivity index (χ1) is 15.4. The highest BCUT2D eigenvalue weighted by Gasteiger charge is 2.27. The molecule has 1 aliphatic rings. The van der Waals surface area contributed by atoms with Gasteiger partial charge in [0, 0.05) is 38.7 Å². The van der Waals surface area contributed by atoms with Crippen LogP contribution in [-0.4, -0.2) is 70.2 Å². The minimum absolute atomic E-state index is 0.106. The second-order valence-corrected chi connectivity index (χ2v) is 7.22. The number of amides is 2. The largest absolute Gasteiger partial charge is 0.493 e. The Kier molecular flexibility index (Phi) is 7.19. The van der Waals surface area contributed by atoms with Crippen LogP contribution in [0.25, 0.3) is 0 Å². The van der Waals surface area contributed by atoms with E-state index < -0.39 is 5.97 Å². The van der Waals surface area contributed by atoms with Gasteiger partial charge < -0.3 is 29.3 Å². The summed E-state index contributed by atoms with van der Waals surface area (Å²) in [5.41, 5.74) is 1.86. The first kappa shape index (κ1) is 22.9. The Bertz CT molecular complexity index is 1010. The third-order valence-corrected chi connectivity index (χ3v) is 5.28. The Morgan fingerprint density at radius 2 is 1.59 bits per heavy atom. The second-order valence-electron chi connectivity index (χ2n) is 7.22. The van der Waals surface area contributed by atoms with E-state index in [2.05, 4.69) is 5.32 Å². The van der Waals surface area contributed by atoms with Gasteiger partial charge >= 0.3 is 5.97 Å². The molecule has 1 N–H and O–H groups in total. The number of hydrogen-bond donors (Lipinski definition) is 1. The first-order valence-electron chi connectivity index (χ1n) is 10.1. The van der Waals surface area contributed by atoms with Gasteiger partial charge in [-0.05, 0) is 30.3 Å². The van der Waals surface area contributed by atoms with Crippen molar-refractivity contribution in [3.63, 3.8) is 0 Å². The third kappa shape index (κ3) is 4.77. The van der Waals surface area contributed by atoms with Gasteiger partial charge in [0.1, 0.15) is 5.56 Å². The Labute approximate surface area is 186 Å². The molecular formula is C23H27N3O6. The number of carbonyl (C=O) groups excluding carboxylic acids is 3. The molecule has 0 atom stereocenters. The number of anilines is 2. The van der Waals surface area contributed by atoms with Crippen molar-refractivity contribution in [1.82, 2.24) is 4.90 Å². The maximum atomic E-state index is 13.0. The molecule has 1 fully saturated rings. The van der Waals surface area contributed by atoms with Crippen molar-refractivity contribution in [2.24, 2.45) is 0 Å². The summed E-state index contributed by atoms with van der Waals surface area (Å²) in [4.78, 5) is 40.8. The molecule has 1 heterocycles. The van der Waals surface area contributed by atoms with E-state index in [-0.39, 0.29) is 11.8 Å². The molecule has 9 heteroatoms. The number of methoxy groups -OCH3 is 3. The smallest absolute Gasteiger partial charge is 0.342 e. The monoisotopic (exact) mass is 441 g/mol. The third-order valence-electron chi connectivity index (χ3n) is 5.28. The molecule has 3 rings (SSSR count). The predicted octanol–water partition coefficient (Wildman–Crippen LogP) is 2.41. The van der Waals surface area contributed by atoms with Gasteiger partial charge in [-0.25, -0.2) is 4.79 Å². The Morgan fingerprint density at radius 1 is 0.906 bits per heavy atom. The molecule has 0 aromatic heterocycles. The summed E-state index contributed by atoms with van der Waals surface area (Å²) in [5.74, 6) is 0.134. The summed E-state index contributed by atoms with van der Waals surface area (Å²) in [5, 5.41) is 2.68. The van der Waals surface area contributed by atoms with E-state index in [0.29, 0.717) is 60.2 Å². The van der Waals surface area contributed by atoms with Gasteiger partial charge in [-0.3, -0.25) is 9.59 Å². The summed E-state index contributed by atoms with van der Waals surface area (Å²) in [6.45, 7) is 3.36. The van der Waals surface area contributed by atoms with Gasteiger partial charge in [0.15, 0.2) is 11.5 Å². The molecule has 2 aromatic carbocycles. The van der Waals surface area contributed by atoms with Crippen molar-refractivity contribution in [2.75, 3.05) is 57.7 Å². The lowest BCUT2D eigenvalue weighted by Gasteiger charge is -2.37. The fraction of sp³-hybridized carbons (Fsp3) is 0.348. The Balaban J connectivity index is 1.78. The first-order valence-corrected chi connectivity index (χ1v) is 10.1. The number of esters is 1. The molecule has 1 saturated heterocycles. The molecule has 9 nitrogen and oxygen atoms in total. The average Bonchev–Trinajstić information content (AvgIpc) is 2.82. The Hall–Kier alpha value is -3.75. The van der Waals surface area contributed by atoms with E-state index in [1.807, 2.05) is 11.0 Å². The lowest BCUT2D eigenvalue weighted by molar-refractivity contribution is -0.114. The topological polar surface area (TPSA) is 97.4 Å². The van der Waals surface area contributed by atoms with Crippen LogP contribution in [0.5, 0.6) is 11.5 Å². The average molecular weight is 441 g/mol. The van der Waals surface area contributed by atoms with E-state index in [1.54, 1.807) is 42.3 Å². The standard InChI is InChI=1S/C23H27N3O6/c1-15(27)24-17-6-5-7-18(21(17)23(29)32-4)25-10-12-26(13-11-25)22(28)16-8-9-19(30-2)20(14-16)31-3/h5-9,14H,10-13H2,1-4H3,(H,24,27). The van der Waals surface area contributed by atoms with Crippen LogP contribution in [0.3, 0.4) is 0 Å². The maximum Gasteiger partial charge on any atom is 0.342 e. The number of hydrogen-bond acceptors (Lipinski definition) is 7. The van der Waals surface area contributed by atoms with Crippen LogP contribution in [-0.2, 0) is 9.53 Å². The van der Waals surface area contributed by atoms with Gasteiger partial charge in [-0.15, -0.1) is 0 Å². The predicted molar refractivity (Wildman–Crippen MR) is 120 cm³/mol. The van der Waals surface area contributed by atoms with Gasteiger partial charge in [0.2, 0.25) is 5.91 Å². The minimum Gasteiger partial charge on any atom is -0.493 e. The van der Waals surface area contributed by atoms with Gasteiger partial charge in [-0.1, -0.05) is 6.07 Å². The number of nitrogens with zero attached hydrogens (tertiary/aromatic N) is 2. The van der Waals surface area contributed by atoms with Crippen molar-refractivity contribution in [3.8, 4) is 11.5 Å². The van der Waals surface area contributed by atoms with Crippen LogP contribution in [0.4, 0.5) is 11.4 Å². The van der Waals surface area contributed by atoms with Crippen LogP contribution in [0.1, 0.15) is 27.6 Å². The molecular weight excluding hydrogens is 414 g/mol. The highest BCUT2D eigenvalue weighted by atomic mass is 16.5. The minimum atomic E-state index is -0.534. The number of piperazine rings is 1. The van der Waals surface area contributed by atoms with Crippen LogP contribution in [0, 0.1) is 0 Å². The zero-order valence-corrected chi connectivity index (χ0v) is 18.6. The summed E-state index contributed by atoms with van der Waals surface area (Å²) in [6, 6.07) is 10.3. The van der Waals surface area contributed by atoms with Gasteiger partial charge in [-0.2, -0.15) is 0 Å². The summed E-state index contributed by atoms with van der Waals surface area (Å²) < 4.78 is 15.5. The fourth-order valence-corrected chi connectivity index (χ4v) is 3.72. The number of ether oxygens (including phenoxy) is 3. The lowest BCUT2D eigenvalue weighted by atomic mass is 10.1. The van der Waals surface area contributed by atoms with E-state index in [1.165, 1.54) is 21.1 Å². The highest BCUT2D eigenvalue weighted by Crippen LogP contribution is 2.31. The normalized spacial score (nSPS) is 13.4. The SMILES string of the molecule is COC(=O)c1c(NC(C)=O)cccc1N1CCN(C(=O)c2ccc(OC)c(OC)c2)CC1. The van der Waals surface area contributed by atoms with E-state index in [9.17, 15) is 14.4 Å². The zero-order valence-electron chi connectivity index (χ0n) is 18.6. The fourth-order valence-electron chi connectivity index (χ4n) is 3.72. The van der Waals surface area contributed by atoms with Crippen LogP contribution in [0.2, 0.25) is 0 Å². The van der Waals surface area contributed by atoms with Crippen LogP contribution in [0.15, 0.2) is 36.4 Å². The highest BCUT2D eigenvalue weighted by molar-refractivity contribution is 6.05. The second kappa shape index (κ2) is 10.0. The summed E-state index contributed by atoms with van der Waals surface area (Å²) in [7, 11) is 4.37. The van der Waals surface area contributed by atoms with Crippen LogP contribution < -0.4 is 19.7 Å². The van der Waals surface area contributed by atoms with Crippen molar-refractivity contribution >= 4 is 29.2 Å². The molecule has 2 amide bonds. The molecule has 2 aromatic rings. The molecule has 1 aliphatic heterocycles. The summed E-state index contributed by atoms with van der Waals surface area (Å²) in [6.07, 6.45) is 0. The number of carbonyl (C=O) groups is 3. The molecule has 0 saturated carbocycles. The quantitative estimate of drug-likeness (QED) is 0.688. The molecule has 0 bridgehead atoms. The molecule has 32 heavy (non-hydrogen) atoms. The van der Waals surface area contributed by atoms with E-state index in [4.69, 9.17) is 14.2 Å². The lowest BCUT2D eigenvalue weighted by Crippen LogP contribution is -2.49. The number of rotatable bonds is 6. The molecule has 0 aliphatic carbocycles. The van der Waals surface area contributed by atoms with Crippen LogP contribution >= 0.6 is 0 Å². The van der Waals surface area contributed by atoms with Crippen molar-refractivity contribution in [1.29, 1.82) is 0 Å². The molecule has 0 radical (unpaired) electrons. The Morgan fingerprint density at radius 3 is 2.19 bits per heavy atom. The molecule has 170 valence electrons. The summed E-state index contributed by atoms with van der Waals surface area (Å²) >= 11 is 0. The van der Waals surface area contributed by atoms with Crippen molar-refractivity contribution in [2.45, 2.75) is 6.92 Å². The number of nitrogens with one attached hydrogen (secondary N) is 1. The number of benzene rings is 2. The van der Waals surface area contributed by atoms with E-state index >= 15 is 0 Å². The maximum absolute atomic E-state index is 13.0. The van der Waals surface area contributed by atoms with Gasteiger partial charge in [0.25, 0.3) is 5.91 Å². The van der Waals surface area contributed by atoms with Gasteiger partial charge in [0.05, 0.1) is 32.7 Å². The van der Waals surface area contributed by atoms with Crippen molar-refractivity contribution < 1.29 is 28.6 Å². The molecule has 0 spiro atoms. The van der Waals surface area contributed by atoms with E-state index in [0.717, 1.165) is 0 Å². The molecule has 0 unspecified atom stereocenters.